The molecule has 0 aliphatic rings. The summed E-state index contributed by atoms with van der Waals surface area (Å²) >= 11 is 0. The topological polar surface area (TPSA) is 32.3 Å². The van der Waals surface area contributed by atoms with E-state index >= 15 is 0 Å². The largest absolute Gasteiger partial charge is 0.313 e. The van der Waals surface area contributed by atoms with E-state index in [4.69, 9.17) is 0 Å². The summed E-state index contributed by atoms with van der Waals surface area (Å²) in [4.78, 5) is 2.17. The first-order valence-corrected chi connectivity index (χ1v) is 6.43. The molecular formula is C9H22N2OS. The van der Waals surface area contributed by atoms with Gasteiger partial charge < -0.3 is 10.2 Å². The van der Waals surface area contributed by atoms with Crippen LogP contribution in [0.15, 0.2) is 0 Å². The minimum atomic E-state index is -0.683. The maximum Gasteiger partial charge on any atom is 0.0383 e. The number of hydrogen-bond donors (Lipinski definition) is 1. The first-order valence-electron chi connectivity index (χ1n) is 4.70. The van der Waals surface area contributed by atoms with E-state index in [1.54, 1.807) is 6.26 Å². The number of nitrogens with one attached hydrogen (secondary N) is 1. The SMILES string of the molecule is CC(CS(C)=O)NCCCN(C)C. The molecule has 0 radical (unpaired) electrons. The van der Waals surface area contributed by atoms with Crippen LogP contribution < -0.4 is 5.32 Å². The van der Waals surface area contributed by atoms with E-state index in [1.807, 2.05) is 0 Å². The molecule has 2 atom stereocenters. The molecule has 0 aromatic rings. The maximum absolute atomic E-state index is 10.9. The second-order valence-electron chi connectivity index (χ2n) is 3.75. The molecular weight excluding hydrogens is 184 g/mol. The van der Waals surface area contributed by atoms with Crippen LogP contribution in [0.1, 0.15) is 13.3 Å². The van der Waals surface area contributed by atoms with E-state index in [9.17, 15) is 4.21 Å². The van der Waals surface area contributed by atoms with Crippen molar-refractivity contribution in [1.82, 2.24) is 10.2 Å². The van der Waals surface area contributed by atoms with Crippen molar-refractivity contribution in [1.29, 1.82) is 0 Å². The summed E-state index contributed by atoms with van der Waals surface area (Å²) in [5, 5.41) is 3.35. The highest BCUT2D eigenvalue weighted by molar-refractivity contribution is 7.84. The summed E-state index contributed by atoms with van der Waals surface area (Å²) < 4.78 is 10.9. The minimum Gasteiger partial charge on any atom is -0.313 e. The average Bonchev–Trinajstić information content (AvgIpc) is 1.96. The lowest BCUT2D eigenvalue weighted by Gasteiger charge is -2.13. The van der Waals surface area contributed by atoms with E-state index in [0.29, 0.717) is 6.04 Å². The Labute approximate surface area is 84.3 Å². The van der Waals surface area contributed by atoms with E-state index < -0.39 is 10.8 Å². The summed E-state index contributed by atoms with van der Waals surface area (Å²) in [5.74, 6) is 0.752. The number of nitrogens with zero attached hydrogens (tertiary/aromatic N) is 1. The Morgan fingerprint density at radius 3 is 2.54 bits per heavy atom. The zero-order chi connectivity index (χ0) is 10.3. The first-order chi connectivity index (χ1) is 6.02. The van der Waals surface area contributed by atoms with Gasteiger partial charge in [0.15, 0.2) is 0 Å². The molecule has 0 fully saturated rings. The third kappa shape index (κ3) is 9.99. The lowest BCUT2D eigenvalue weighted by Crippen LogP contribution is -2.33. The molecule has 0 bridgehead atoms. The van der Waals surface area contributed by atoms with Gasteiger partial charge in [-0.15, -0.1) is 0 Å². The molecule has 0 amide bonds. The van der Waals surface area contributed by atoms with Crippen molar-refractivity contribution < 1.29 is 4.21 Å². The van der Waals surface area contributed by atoms with Crippen molar-refractivity contribution in [3.05, 3.63) is 0 Å². The molecule has 0 aromatic carbocycles. The highest BCUT2D eigenvalue weighted by Gasteiger charge is 2.02. The highest BCUT2D eigenvalue weighted by atomic mass is 32.2. The van der Waals surface area contributed by atoms with Gasteiger partial charge in [-0.3, -0.25) is 4.21 Å². The standard InChI is InChI=1S/C9H22N2OS/c1-9(8-13(4)12)10-6-5-7-11(2)3/h9-10H,5-8H2,1-4H3. The molecule has 80 valence electrons. The maximum atomic E-state index is 10.9. The van der Waals surface area contributed by atoms with Crippen molar-refractivity contribution >= 4 is 10.8 Å². The van der Waals surface area contributed by atoms with Gasteiger partial charge in [0.25, 0.3) is 0 Å². The van der Waals surface area contributed by atoms with Gasteiger partial charge in [-0.05, 0) is 40.5 Å². The monoisotopic (exact) mass is 206 g/mol. The van der Waals surface area contributed by atoms with E-state index in [-0.39, 0.29) is 0 Å². The van der Waals surface area contributed by atoms with Crippen LogP contribution in [0.25, 0.3) is 0 Å². The van der Waals surface area contributed by atoms with Gasteiger partial charge in [-0.1, -0.05) is 0 Å². The third-order valence-corrected chi connectivity index (χ3v) is 2.73. The smallest absolute Gasteiger partial charge is 0.0383 e. The molecule has 0 aliphatic carbocycles. The van der Waals surface area contributed by atoms with Crippen molar-refractivity contribution in [2.24, 2.45) is 0 Å². The van der Waals surface area contributed by atoms with Gasteiger partial charge in [0, 0.05) is 28.9 Å². The second kappa shape index (κ2) is 7.47. The van der Waals surface area contributed by atoms with Crippen LogP contribution in [-0.2, 0) is 10.8 Å². The Balaban J connectivity index is 3.26. The molecule has 13 heavy (non-hydrogen) atoms. The lowest BCUT2D eigenvalue weighted by atomic mass is 10.3. The van der Waals surface area contributed by atoms with Gasteiger partial charge in [0.1, 0.15) is 0 Å². The van der Waals surface area contributed by atoms with Crippen LogP contribution in [0.3, 0.4) is 0 Å². The summed E-state index contributed by atoms with van der Waals surface area (Å²) in [6.07, 6.45) is 2.89. The van der Waals surface area contributed by atoms with Gasteiger partial charge in [-0.2, -0.15) is 0 Å². The van der Waals surface area contributed by atoms with Crippen molar-refractivity contribution in [2.75, 3.05) is 39.2 Å². The normalized spacial score (nSPS) is 16.1. The Morgan fingerprint density at radius 1 is 1.46 bits per heavy atom. The predicted molar refractivity (Wildman–Crippen MR) is 59.6 cm³/mol. The van der Waals surface area contributed by atoms with Crippen molar-refractivity contribution in [2.45, 2.75) is 19.4 Å². The third-order valence-electron chi connectivity index (χ3n) is 1.76. The summed E-state index contributed by atoms with van der Waals surface area (Å²) in [6, 6.07) is 0.369. The quantitative estimate of drug-likeness (QED) is 0.608. The molecule has 0 saturated heterocycles. The van der Waals surface area contributed by atoms with Crippen LogP contribution >= 0.6 is 0 Å². The Kier molecular flexibility index (Phi) is 7.51. The fraction of sp³-hybridized carbons (Fsp3) is 1.00. The van der Waals surface area contributed by atoms with Crippen LogP contribution in [-0.4, -0.2) is 54.3 Å². The average molecular weight is 206 g/mol. The van der Waals surface area contributed by atoms with Gasteiger partial charge in [-0.25, -0.2) is 0 Å². The molecule has 3 nitrogen and oxygen atoms in total. The fourth-order valence-electron chi connectivity index (χ4n) is 1.15. The summed E-state index contributed by atoms with van der Waals surface area (Å²) in [6.45, 7) is 4.20. The summed E-state index contributed by atoms with van der Waals surface area (Å²) in [5.41, 5.74) is 0. The number of hydrogen-bond acceptors (Lipinski definition) is 3. The zero-order valence-corrected chi connectivity index (χ0v) is 9.99. The van der Waals surface area contributed by atoms with Crippen molar-refractivity contribution in [3.63, 3.8) is 0 Å². The fourth-order valence-corrected chi connectivity index (χ4v) is 1.98. The molecule has 0 aliphatic heterocycles. The molecule has 2 unspecified atom stereocenters. The highest BCUT2D eigenvalue weighted by Crippen LogP contribution is 1.87. The molecule has 0 heterocycles. The van der Waals surface area contributed by atoms with Crippen LogP contribution in [0.5, 0.6) is 0 Å². The first kappa shape index (κ1) is 13.1. The van der Waals surface area contributed by atoms with Crippen LogP contribution in [0.2, 0.25) is 0 Å². The van der Waals surface area contributed by atoms with Crippen molar-refractivity contribution in [3.8, 4) is 0 Å². The van der Waals surface area contributed by atoms with Crippen LogP contribution in [0, 0.1) is 0 Å². The number of rotatable bonds is 7. The Morgan fingerprint density at radius 2 is 2.08 bits per heavy atom. The molecule has 0 rings (SSSR count). The molecule has 0 spiro atoms. The summed E-state index contributed by atoms with van der Waals surface area (Å²) in [7, 11) is 3.47. The van der Waals surface area contributed by atoms with Crippen LogP contribution in [0.4, 0.5) is 0 Å². The lowest BCUT2D eigenvalue weighted by molar-refractivity contribution is 0.390. The van der Waals surface area contributed by atoms with E-state index in [2.05, 4.69) is 31.2 Å². The zero-order valence-electron chi connectivity index (χ0n) is 9.17. The second-order valence-corrected chi connectivity index (χ2v) is 5.23. The molecule has 1 N–H and O–H groups in total. The van der Waals surface area contributed by atoms with E-state index in [0.717, 1.165) is 25.3 Å². The minimum absolute atomic E-state index is 0.369. The Hall–Kier alpha value is 0.0700. The Bertz CT molecular complexity index is 151. The van der Waals surface area contributed by atoms with Gasteiger partial charge in [0.2, 0.25) is 0 Å². The molecule has 0 saturated carbocycles. The van der Waals surface area contributed by atoms with Gasteiger partial charge in [0.05, 0.1) is 0 Å². The van der Waals surface area contributed by atoms with E-state index in [1.165, 1.54) is 0 Å². The predicted octanol–water partition coefficient (Wildman–Crippen LogP) is 0.295. The van der Waals surface area contributed by atoms with Gasteiger partial charge >= 0.3 is 0 Å². The molecule has 0 aromatic heterocycles. The molecule has 4 heteroatoms.